The number of sulfonamides is 1. The fraction of sp³-hybridized carbons (Fsp3) is 0.600. The van der Waals surface area contributed by atoms with E-state index < -0.39 is 21.2 Å². The number of likely N-dealkylation sites (tertiary alicyclic amines) is 1. The first-order valence-corrected chi connectivity index (χ1v) is 20.1. The summed E-state index contributed by atoms with van der Waals surface area (Å²) in [6, 6.07) is 6.62. The molecule has 9 rings (SSSR count). The molecular formula is C40H49N3O5S. The van der Waals surface area contributed by atoms with E-state index in [2.05, 4.69) is 51.6 Å². The number of hydrogen-bond donors (Lipinski definition) is 1. The molecule has 1 saturated heterocycles. The molecule has 2 aromatic rings. The van der Waals surface area contributed by atoms with Crippen LogP contribution in [0.25, 0.3) is 10.9 Å². The van der Waals surface area contributed by atoms with Crippen LogP contribution in [-0.2, 0) is 26.2 Å². The lowest BCUT2D eigenvalue weighted by molar-refractivity contribution is -0.127. The molecule has 260 valence electrons. The Morgan fingerprint density at radius 2 is 1.76 bits per heavy atom. The molecule has 4 fully saturated rings. The van der Waals surface area contributed by atoms with Crippen molar-refractivity contribution in [2.75, 3.05) is 27.2 Å². The van der Waals surface area contributed by atoms with Crippen molar-refractivity contribution < 1.29 is 22.7 Å². The summed E-state index contributed by atoms with van der Waals surface area (Å²) in [6.45, 7) is 5.83. The number of allylic oxidation sites excluding steroid dienone is 4. The second-order valence-electron chi connectivity index (χ2n) is 16.8. The van der Waals surface area contributed by atoms with Gasteiger partial charge in [0.2, 0.25) is 10.0 Å². The molecule has 1 aromatic carbocycles. The zero-order valence-corrected chi connectivity index (χ0v) is 30.1. The normalized spacial score (nSPS) is 32.3. The van der Waals surface area contributed by atoms with Gasteiger partial charge < -0.3 is 14.2 Å². The summed E-state index contributed by atoms with van der Waals surface area (Å²) < 4.78 is 36.4. The summed E-state index contributed by atoms with van der Waals surface area (Å²) in [5.74, 6) is 0.679. The van der Waals surface area contributed by atoms with Crippen molar-refractivity contribution in [2.45, 2.75) is 102 Å². The third-order valence-electron chi connectivity index (χ3n) is 14.0. The fourth-order valence-electron chi connectivity index (χ4n) is 11.5. The van der Waals surface area contributed by atoms with E-state index in [0.29, 0.717) is 30.2 Å². The number of fused-ring (bicyclic) bond motifs is 6. The predicted octanol–water partition coefficient (Wildman–Crippen LogP) is 6.52. The van der Waals surface area contributed by atoms with E-state index in [9.17, 15) is 18.0 Å². The van der Waals surface area contributed by atoms with Gasteiger partial charge in [-0.25, -0.2) is 13.1 Å². The minimum absolute atomic E-state index is 0.0537. The Kier molecular flexibility index (Phi) is 7.08. The van der Waals surface area contributed by atoms with Crippen LogP contribution in [0.1, 0.15) is 101 Å². The van der Waals surface area contributed by atoms with Gasteiger partial charge in [0.25, 0.3) is 5.91 Å². The number of nitrogens with one attached hydrogen (secondary N) is 1. The third kappa shape index (κ3) is 4.52. The van der Waals surface area contributed by atoms with Crippen LogP contribution in [-0.4, -0.2) is 62.1 Å². The Balaban J connectivity index is 1.18. The predicted molar refractivity (Wildman–Crippen MR) is 190 cm³/mol. The van der Waals surface area contributed by atoms with E-state index >= 15 is 0 Å². The molecule has 8 nitrogen and oxygen atoms in total. The maximum atomic E-state index is 15.0. The highest BCUT2D eigenvalue weighted by Gasteiger charge is 2.68. The third-order valence-corrected chi connectivity index (χ3v) is 15.7. The van der Waals surface area contributed by atoms with E-state index in [-0.39, 0.29) is 28.6 Å². The van der Waals surface area contributed by atoms with Gasteiger partial charge in [0.05, 0.1) is 23.4 Å². The number of carbonyl (C=O) groups excluding carboxylic acids is 2. The number of methoxy groups -OCH3 is 1. The Labute approximate surface area is 290 Å². The van der Waals surface area contributed by atoms with Crippen LogP contribution in [0.3, 0.4) is 0 Å². The van der Waals surface area contributed by atoms with Crippen LogP contribution in [0.5, 0.6) is 5.75 Å². The number of aromatic nitrogens is 1. The van der Waals surface area contributed by atoms with Crippen molar-refractivity contribution in [1.29, 1.82) is 0 Å². The summed E-state index contributed by atoms with van der Waals surface area (Å²) in [6.07, 6.45) is 15.3. The first-order chi connectivity index (χ1) is 23.5. The van der Waals surface area contributed by atoms with Gasteiger partial charge in [-0.15, -0.1) is 0 Å². The number of nitrogens with zero attached hydrogens (tertiary/aromatic N) is 2. The van der Waals surface area contributed by atoms with Crippen molar-refractivity contribution >= 4 is 32.6 Å². The second-order valence-corrected chi connectivity index (χ2v) is 19.0. The van der Waals surface area contributed by atoms with Gasteiger partial charge in [-0.1, -0.05) is 37.5 Å². The number of Topliss-reactive ketones (excluding diaryl/α,β-unsaturated/α-hetero) is 1. The molecule has 1 aromatic heterocycles. The number of ketones is 1. The van der Waals surface area contributed by atoms with Crippen LogP contribution < -0.4 is 9.46 Å². The molecule has 0 bridgehead atoms. The van der Waals surface area contributed by atoms with Crippen LogP contribution in [0.15, 0.2) is 52.6 Å². The molecule has 7 aliphatic rings. The van der Waals surface area contributed by atoms with Gasteiger partial charge in [0.1, 0.15) is 11.5 Å². The molecule has 0 spiro atoms. The standard InChI is InChI=1S/C40H49N3O5S/c1-23(2)49(46,47)41-38(45)35-30-20-43-31(17-29-32(48-4)14-13-26(36(29)43)24-9-6-5-7-10-24)33-27(34(30)35)11-8-12-28(33)37(44)25-18-39-15-16-40(39,19-25)22-42(3)21-39/h8,11,13-14,17,23-25,28,33H,5-7,9-10,12,15-16,18-22H2,1-4H3,(H,41,45)/t25?,28-,33-,39?,40?/m1/s1. The molecule has 2 unspecified atom stereocenters. The van der Waals surface area contributed by atoms with Gasteiger partial charge >= 0.3 is 0 Å². The average Bonchev–Trinajstić information content (AvgIpc) is 3.58. The summed E-state index contributed by atoms with van der Waals surface area (Å²) >= 11 is 0. The van der Waals surface area contributed by atoms with Crippen molar-refractivity contribution in [3.05, 3.63) is 63.9 Å². The molecule has 1 N–H and O–H groups in total. The Hall–Kier alpha value is -3.17. The molecule has 49 heavy (non-hydrogen) atoms. The maximum absolute atomic E-state index is 15.0. The SMILES string of the molecule is COc1ccc(C2CCCCC2)c2c1cc1n2CC2=C(C(=O)NS(=O)(=O)C(C)C)C2=C2C=CC[C@@H](C(=O)C3CC45CCC4(C3)CN(C)C5)[C@@H]21. The molecule has 0 radical (unpaired) electrons. The van der Waals surface area contributed by atoms with Crippen LogP contribution in [0, 0.1) is 22.7 Å². The van der Waals surface area contributed by atoms with Gasteiger partial charge in [0, 0.05) is 48.5 Å². The first kappa shape index (κ1) is 31.8. The summed E-state index contributed by atoms with van der Waals surface area (Å²) in [7, 11) is 0.147. The Morgan fingerprint density at radius 3 is 2.41 bits per heavy atom. The molecule has 9 heteroatoms. The summed E-state index contributed by atoms with van der Waals surface area (Å²) in [4.78, 5) is 31.2. The average molecular weight is 684 g/mol. The molecule has 4 atom stereocenters. The van der Waals surface area contributed by atoms with E-state index in [1.807, 2.05) is 0 Å². The van der Waals surface area contributed by atoms with E-state index in [4.69, 9.17) is 4.74 Å². The van der Waals surface area contributed by atoms with Gasteiger partial charge in [0.15, 0.2) is 0 Å². The fourth-order valence-corrected chi connectivity index (χ4v) is 12.1. The first-order valence-electron chi connectivity index (χ1n) is 18.6. The lowest BCUT2D eigenvalue weighted by atomic mass is 9.53. The number of carbonyl (C=O) groups is 2. The highest BCUT2D eigenvalue weighted by atomic mass is 32.2. The second kappa shape index (κ2) is 10.9. The molecular weight excluding hydrogens is 635 g/mol. The summed E-state index contributed by atoms with van der Waals surface area (Å²) in [5.41, 5.74) is 7.36. The molecule has 5 aliphatic carbocycles. The highest BCUT2D eigenvalue weighted by molar-refractivity contribution is 7.90. The van der Waals surface area contributed by atoms with Gasteiger partial charge in [-0.05, 0) is 117 Å². The van der Waals surface area contributed by atoms with Crippen LogP contribution in [0.4, 0.5) is 0 Å². The number of ether oxygens (including phenoxy) is 1. The lowest BCUT2D eigenvalue weighted by Gasteiger charge is -2.50. The molecule has 2 aliphatic heterocycles. The van der Waals surface area contributed by atoms with E-state index in [0.717, 1.165) is 77.8 Å². The Morgan fingerprint density at radius 1 is 1.04 bits per heavy atom. The van der Waals surface area contributed by atoms with E-state index in [1.54, 1.807) is 21.0 Å². The number of rotatable bonds is 7. The van der Waals surface area contributed by atoms with Crippen LogP contribution >= 0.6 is 0 Å². The zero-order chi connectivity index (χ0) is 34.0. The number of amides is 1. The van der Waals surface area contributed by atoms with Gasteiger partial charge in [-0.2, -0.15) is 0 Å². The monoisotopic (exact) mass is 683 g/mol. The zero-order valence-electron chi connectivity index (χ0n) is 29.3. The van der Waals surface area contributed by atoms with Crippen molar-refractivity contribution in [2.24, 2.45) is 22.7 Å². The molecule has 3 heterocycles. The largest absolute Gasteiger partial charge is 0.496 e. The maximum Gasteiger partial charge on any atom is 0.265 e. The minimum atomic E-state index is -3.81. The summed E-state index contributed by atoms with van der Waals surface area (Å²) in [5, 5.41) is 0.339. The van der Waals surface area contributed by atoms with Gasteiger partial charge in [-0.3, -0.25) is 9.59 Å². The molecule has 1 amide bonds. The smallest absolute Gasteiger partial charge is 0.265 e. The number of hydrogen-bond acceptors (Lipinski definition) is 6. The molecule has 3 saturated carbocycles. The Bertz CT molecular complexity index is 1990. The number of benzene rings is 1. The minimum Gasteiger partial charge on any atom is -0.496 e. The topological polar surface area (TPSA) is 97.7 Å². The van der Waals surface area contributed by atoms with Crippen LogP contribution in [0.2, 0.25) is 0 Å². The van der Waals surface area contributed by atoms with Crippen molar-refractivity contribution in [3.8, 4) is 5.75 Å². The quantitative estimate of drug-likeness (QED) is 0.357. The van der Waals surface area contributed by atoms with Crippen molar-refractivity contribution in [1.82, 2.24) is 14.2 Å². The lowest BCUT2D eigenvalue weighted by Crippen LogP contribution is -2.45. The highest BCUT2D eigenvalue weighted by Crippen LogP contribution is 2.72. The van der Waals surface area contributed by atoms with Crippen molar-refractivity contribution in [3.63, 3.8) is 0 Å². The van der Waals surface area contributed by atoms with E-state index in [1.165, 1.54) is 37.7 Å².